The standard InChI is InChI=1S/C15H17ClN2O2S/c16-14-5-3-11-10-12(2-4-13(11)18-14)15(20)17-6-9-21-8-1-7-19/h2-5,10,19H,1,6-9H2,(H,17,20). The van der Waals surface area contributed by atoms with E-state index in [4.69, 9.17) is 16.7 Å². The normalized spacial score (nSPS) is 10.8. The van der Waals surface area contributed by atoms with Gasteiger partial charge in [-0.3, -0.25) is 4.79 Å². The second-order valence-electron chi connectivity index (χ2n) is 4.49. The van der Waals surface area contributed by atoms with Gasteiger partial charge in [-0.2, -0.15) is 11.8 Å². The highest BCUT2D eigenvalue weighted by atomic mass is 35.5. The summed E-state index contributed by atoms with van der Waals surface area (Å²) in [5.74, 6) is 1.67. The van der Waals surface area contributed by atoms with Gasteiger partial charge in [0.05, 0.1) is 5.52 Å². The summed E-state index contributed by atoms with van der Waals surface area (Å²) in [6.45, 7) is 0.834. The molecule has 0 spiro atoms. The average molecular weight is 325 g/mol. The molecule has 0 radical (unpaired) electrons. The Labute approximate surface area is 132 Å². The third-order valence-corrected chi connectivity index (χ3v) is 4.18. The van der Waals surface area contributed by atoms with Gasteiger partial charge in [0.1, 0.15) is 5.15 Å². The van der Waals surface area contributed by atoms with E-state index in [1.807, 2.05) is 12.1 Å². The van der Waals surface area contributed by atoms with Crippen molar-refractivity contribution in [3.63, 3.8) is 0 Å². The first kappa shape index (κ1) is 16.1. The lowest BCUT2D eigenvalue weighted by Crippen LogP contribution is -2.25. The Morgan fingerprint density at radius 1 is 1.29 bits per heavy atom. The van der Waals surface area contributed by atoms with Crippen LogP contribution in [0, 0.1) is 0 Å². The lowest BCUT2D eigenvalue weighted by molar-refractivity contribution is 0.0956. The van der Waals surface area contributed by atoms with Crippen molar-refractivity contribution >= 4 is 40.2 Å². The second-order valence-corrected chi connectivity index (χ2v) is 6.10. The minimum atomic E-state index is -0.0883. The number of aromatic nitrogens is 1. The highest BCUT2D eigenvalue weighted by molar-refractivity contribution is 7.99. The van der Waals surface area contributed by atoms with E-state index in [1.165, 1.54) is 0 Å². The highest BCUT2D eigenvalue weighted by Crippen LogP contribution is 2.17. The molecule has 112 valence electrons. The number of amides is 1. The molecule has 2 aromatic rings. The van der Waals surface area contributed by atoms with Crippen molar-refractivity contribution in [2.75, 3.05) is 24.7 Å². The predicted octanol–water partition coefficient (Wildman–Crippen LogP) is 2.73. The Hall–Kier alpha value is -1.30. The minimum Gasteiger partial charge on any atom is -0.396 e. The molecule has 0 saturated heterocycles. The van der Waals surface area contributed by atoms with E-state index >= 15 is 0 Å². The van der Waals surface area contributed by atoms with Crippen LogP contribution in [0.5, 0.6) is 0 Å². The molecule has 6 heteroatoms. The van der Waals surface area contributed by atoms with Gasteiger partial charge in [0.15, 0.2) is 0 Å². The number of halogens is 1. The second kappa shape index (κ2) is 8.22. The molecular weight excluding hydrogens is 308 g/mol. The number of carbonyl (C=O) groups is 1. The Morgan fingerprint density at radius 2 is 2.14 bits per heavy atom. The number of hydrogen-bond donors (Lipinski definition) is 2. The molecule has 0 aliphatic heterocycles. The monoisotopic (exact) mass is 324 g/mol. The SMILES string of the molecule is O=C(NCCSCCCO)c1ccc2nc(Cl)ccc2c1. The highest BCUT2D eigenvalue weighted by Gasteiger charge is 2.06. The van der Waals surface area contributed by atoms with Crippen LogP contribution in [0.25, 0.3) is 10.9 Å². The van der Waals surface area contributed by atoms with E-state index in [9.17, 15) is 4.79 Å². The molecule has 1 amide bonds. The number of aliphatic hydroxyl groups excluding tert-OH is 1. The Kier molecular flexibility index (Phi) is 6.29. The van der Waals surface area contributed by atoms with Gasteiger partial charge in [-0.15, -0.1) is 0 Å². The molecule has 21 heavy (non-hydrogen) atoms. The summed E-state index contributed by atoms with van der Waals surface area (Å²) < 4.78 is 0. The summed E-state index contributed by atoms with van der Waals surface area (Å²) in [5.41, 5.74) is 1.39. The lowest BCUT2D eigenvalue weighted by Gasteiger charge is -2.06. The zero-order valence-corrected chi connectivity index (χ0v) is 13.1. The van der Waals surface area contributed by atoms with Gasteiger partial charge in [-0.25, -0.2) is 4.98 Å². The molecule has 1 aromatic carbocycles. The van der Waals surface area contributed by atoms with E-state index in [1.54, 1.807) is 30.0 Å². The van der Waals surface area contributed by atoms with Crippen molar-refractivity contribution in [3.8, 4) is 0 Å². The fourth-order valence-corrected chi connectivity index (χ4v) is 2.79. The molecular formula is C15H17ClN2O2S. The summed E-state index contributed by atoms with van der Waals surface area (Å²) in [5, 5.41) is 12.9. The molecule has 0 aliphatic carbocycles. The van der Waals surface area contributed by atoms with Crippen LogP contribution in [0.3, 0.4) is 0 Å². The van der Waals surface area contributed by atoms with Crippen LogP contribution in [0.2, 0.25) is 5.15 Å². The number of thioether (sulfide) groups is 1. The average Bonchev–Trinajstić information content (AvgIpc) is 2.50. The van der Waals surface area contributed by atoms with Crippen molar-refractivity contribution in [1.82, 2.24) is 10.3 Å². The number of aliphatic hydroxyl groups is 1. The first-order valence-corrected chi connectivity index (χ1v) is 8.27. The third kappa shape index (κ3) is 4.88. The van der Waals surface area contributed by atoms with E-state index in [-0.39, 0.29) is 12.5 Å². The van der Waals surface area contributed by atoms with Crippen LogP contribution >= 0.6 is 23.4 Å². The maximum Gasteiger partial charge on any atom is 0.251 e. The largest absolute Gasteiger partial charge is 0.396 e. The quantitative estimate of drug-likeness (QED) is 0.607. The Balaban J connectivity index is 1.89. The summed E-state index contributed by atoms with van der Waals surface area (Å²) in [6.07, 6.45) is 0.791. The number of fused-ring (bicyclic) bond motifs is 1. The van der Waals surface area contributed by atoms with Gasteiger partial charge in [-0.05, 0) is 42.5 Å². The molecule has 1 aromatic heterocycles. The molecule has 2 N–H and O–H groups in total. The number of hydrogen-bond acceptors (Lipinski definition) is 4. The van der Waals surface area contributed by atoms with Crippen LogP contribution in [-0.2, 0) is 0 Å². The number of benzene rings is 1. The number of nitrogens with zero attached hydrogens (tertiary/aromatic N) is 1. The van der Waals surface area contributed by atoms with Crippen molar-refractivity contribution in [2.24, 2.45) is 0 Å². The molecule has 0 atom stereocenters. The summed E-state index contributed by atoms with van der Waals surface area (Å²) in [6, 6.07) is 8.93. The van der Waals surface area contributed by atoms with Crippen molar-refractivity contribution in [1.29, 1.82) is 0 Å². The molecule has 1 heterocycles. The number of nitrogens with one attached hydrogen (secondary N) is 1. The smallest absolute Gasteiger partial charge is 0.251 e. The van der Waals surface area contributed by atoms with Gasteiger partial charge in [0.25, 0.3) is 5.91 Å². The molecule has 0 bridgehead atoms. The molecule has 2 rings (SSSR count). The molecule has 0 fully saturated rings. The van der Waals surface area contributed by atoms with Gasteiger partial charge >= 0.3 is 0 Å². The van der Waals surface area contributed by atoms with Gasteiger partial charge < -0.3 is 10.4 Å². The fourth-order valence-electron chi connectivity index (χ4n) is 1.85. The van der Waals surface area contributed by atoms with E-state index in [0.717, 1.165) is 28.8 Å². The third-order valence-electron chi connectivity index (χ3n) is 2.90. The molecule has 0 saturated carbocycles. The van der Waals surface area contributed by atoms with Gasteiger partial charge in [-0.1, -0.05) is 11.6 Å². The topological polar surface area (TPSA) is 62.2 Å². The van der Waals surface area contributed by atoms with Crippen LogP contribution in [0.15, 0.2) is 30.3 Å². The zero-order chi connectivity index (χ0) is 15.1. The number of pyridine rings is 1. The number of rotatable bonds is 7. The van der Waals surface area contributed by atoms with Gasteiger partial charge in [0.2, 0.25) is 0 Å². The summed E-state index contributed by atoms with van der Waals surface area (Å²) >= 11 is 7.55. The van der Waals surface area contributed by atoms with E-state index in [0.29, 0.717) is 17.3 Å². The zero-order valence-electron chi connectivity index (χ0n) is 11.5. The fraction of sp³-hybridized carbons (Fsp3) is 0.333. The number of carbonyl (C=O) groups excluding carboxylic acids is 1. The maximum absolute atomic E-state index is 12.0. The van der Waals surface area contributed by atoms with Crippen LogP contribution < -0.4 is 5.32 Å². The van der Waals surface area contributed by atoms with Crippen LogP contribution in [0.4, 0.5) is 0 Å². The maximum atomic E-state index is 12.0. The van der Waals surface area contributed by atoms with Gasteiger partial charge in [0, 0.05) is 29.9 Å². The summed E-state index contributed by atoms with van der Waals surface area (Å²) in [4.78, 5) is 16.2. The van der Waals surface area contributed by atoms with E-state index in [2.05, 4.69) is 10.3 Å². The first-order valence-electron chi connectivity index (χ1n) is 6.74. The lowest BCUT2D eigenvalue weighted by atomic mass is 10.1. The van der Waals surface area contributed by atoms with Crippen molar-refractivity contribution in [3.05, 3.63) is 41.0 Å². The first-order chi connectivity index (χ1) is 10.2. The predicted molar refractivity (Wildman–Crippen MR) is 88.1 cm³/mol. The van der Waals surface area contributed by atoms with E-state index < -0.39 is 0 Å². The van der Waals surface area contributed by atoms with Crippen molar-refractivity contribution in [2.45, 2.75) is 6.42 Å². The summed E-state index contributed by atoms with van der Waals surface area (Å²) in [7, 11) is 0. The van der Waals surface area contributed by atoms with Crippen LogP contribution in [-0.4, -0.2) is 40.7 Å². The molecule has 4 nitrogen and oxygen atoms in total. The Bertz CT molecular complexity index is 622. The van der Waals surface area contributed by atoms with Crippen molar-refractivity contribution < 1.29 is 9.90 Å². The van der Waals surface area contributed by atoms with Crippen LogP contribution in [0.1, 0.15) is 16.8 Å². The molecule has 0 aliphatic rings. The molecule has 0 unspecified atom stereocenters. The Morgan fingerprint density at radius 3 is 2.95 bits per heavy atom. The minimum absolute atomic E-state index is 0.0883.